The molecule has 0 saturated carbocycles. The predicted molar refractivity (Wildman–Crippen MR) is 82.0 cm³/mol. The number of benzene rings is 2. The van der Waals surface area contributed by atoms with E-state index in [1.54, 1.807) is 24.3 Å². The van der Waals surface area contributed by atoms with Crippen LogP contribution in [0.2, 0.25) is 0 Å². The number of aryl methyl sites for hydroxylation is 1. The highest BCUT2D eigenvalue weighted by molar-refractivity contribution is 6.21. The minimum absolute atomic E-state index is 0.218. The lowest BCUT2D eigenvalue weighted by Crippen LogP contribution is -2.29. The predicted octanol–water partition coefficient (Wildman–Crippen LogP) is 3.30. The van der Waals surface area contributed by atoms with Crippen LogP contribution in [0.4, 0.5) is 0 Å². The molecule has 0 spiro atoms. The highest BCUT2D eigenvalue weighted by Crippen LogP contribution is 2.22. The van der Waals surface area contributed by atoms with Gasteiger partial charge in [0.05, 0.1) is 11.1 Å². The zero-order valence-corrected chi connectivity index (χ0v) is 11.7. The van der Waals surface area contributed by atoms with E-state index < -0.39 is 0 Å². The summed E-state index contributed by atoms with van der Waals surface area (Å²) in [6.45, 7) is 2.32. The number of amides is 2. The molecule has 3 nitrogen and oxygen atoms in total. The van der Waals surface area contributed by atoms with Crippen LogP contribution >= 0.6 is 0 Å². The third kappa shape index (κ3) is 2.38. The van der Waals surface area contributed by atoms with Crippen molar-refractivity contribution in [2.75, 3.05) is 6.54 Å². The molecule has 0 saturated heterocycles. The minimum Gasteiger partial charge on any atom is -0.270 e. The number of imide groups is 1. The van der Waals surface area contributed by atoms with Crippen LogP contribution in [0, 0.1) is 6.92 Å². The topological polar surface area (TPSA) is 37.4 Å². The van der Waals surface area contributed by atoms with E-state index in [9.17, 15) is 9.59 Å². The number of nitrogens with zero attached hydrogens (tertiary/aromatic N) is 1. The maximum atomic E-state index is 12.2. The molecule has 0 fully saturated rings. The number of carbonyl (C=O) groups is 2. The van der Waals surface area contributed by atoms with Gasteiger partial charge in [0.1, 0.15) is 0 Å². The molecule has 1 heterocycles. The van der Waals surface area contributed by atoms with Crippen molar-refractivity contribution in [1.82, 2.24) is 4.90 Å². The fourth-order valence-electron chi connectivity index (χ4n) is 2.46. The Balaban J connectivity index is 1.77. The molecule has 0 unspecified atom stereocenters. The lowest BCUT2D eigenvalue weighted by atomic mass is 10.1. The average Bonchev–Trinajstić information content (AvgIpc) is 2.74. The molecule has 1 aliphatic heterocycles. The molecule has 104 valence electrons. The SMILES string of the molecule is Cc1ccccc1/C=C/CN1C(=O)c2ccccc2C1=O. The van der Waals surface area contributed by atoms with Gasteiger partial charge in [0, 0.05) is 6.54 Å². The monoisotopic (exact) mass is 277 g/mol. The molecule has 0 aliphatic carbocycles. The summed E-state index contributed by atoms with van der Waals surface area (Å²) in [6, 6.07) is 14.9. The number of rotatable bonds is 3. The first-order chi connectivity index (χ1) is 10.2. The largest absolute Gasteiger partial charge is 0.270 e. The van der Waals surface area contributed by atoms with Crippen LogP contribution in [0.1, 0.15) is 31.8 Å². The van der Waals surface area contributed by atoms with Gasteiger partial charge in [-0.05, 0) is 30.2 Å². The van der Waals surface area contributed by atoms with Crippen molar-refractivity contribution < 1.29 is 9.59 Å². The summed E-state index contributed by atoms with van der Waals surface area (Å²) in [5.74, 6) is -0.435. The maximum absolute atomic E-state index is 12.2. The first-order valence-electron chi connectivity index (χ1n) is 6.86. The highest BCUT2D eigenvalue weighted by atomic mass is 16.2. The van der Waals surface area contributed by atoms with Gasteiger partial charge < -0.3 is 0 Å². The van der Waals surface area contributed by atoms with E-state index in [0.717, 1.165) is 11.1 Å². The summed E-state index contributed by atoms with van der Waals surface area (Å²) in [5.41, 5.74) is 3.24. The van der Waals surface area contributed by atoms with E-state index in [1.807, 2.05) is 43.3 Å². The Morgan fingerprint density at radius 3 is 2.10 bits per heavy atom. The van der Waals surface area contributed by atoms with E-state index in [-0.39, 0.29) is 11.8 Å². The lowest BCUT2D eigenvalue weighted by molar-refractivity contribution is 0.0672. The maximum Gasteiger partial charge on any atom is 0.261 e. The van der Waals surface area contributed by atoms with Crippen LogP contribution < -0.4 is 0 Å². The minimum atomic E-state index is -0.218. The molecule has 1 aliphatic rings. The summed E-state index contributed by atoms with van der Waals surface area (Å²) in [6.07, 6.45) is 3.79. The Bertz CT molecular complexity index is 711. The number of hydrogen-bond acceptors (Lipinski definition) is 2. The van der Waals surface area contributed by atoms with Crippen molar-refractivity contribution in [2.24, 2.45) is 0 Å². The molecule has 2 aromatic rings. The standard InChI is InChI=1S/C18H15NO2/c1-13-7-2-3-8-14(13)9-6-12-19-17(20)15-10-4-5-11-16(15)18(19)21/h2-11H,12H2,1H3/b9-6+. The van der Waals surface area contributed by atoms with Gasteiger partial charge >= 0.3 is 0 Å². The van der Waals surface area contributed by atoms with Gasteiger partial charge in [0.2, 0.25) is 0 Å². The van der Waals surface area contributed by atoms with Crippen LogP contribution in [0.3, 0.4) is 0 Å². The van der Waals surface area contributed by atoms with Crippen molar-refractivity contribution in [3.63, 3.8) is 0 Å². The second-order valence-corrected chi connectivity index (χ2v) is 5.03. The Kier molecular flexibility index (Phi) is 3.40. The lowest BCUT2D eigenvalue weighted by Gasteiger charge is -2.10. The Morgan fingerprint density at radius 1 is 0.905 bits per heavy atom. The van der Waals surface area contributed by atoms with Crippen molar-refractivity contribution in [3.8, 4) is 0 Å². The van der Waals surface area contributed by atoms with Crippen molar-refractivity contribution in [3.05, 3.63) is 76.9 Å². The zero-order chi connectivity index (χ0) is 14.8. The van der Waals surface area contributed by atoms with E-state index >= 15 is 0 Å². The van der Waals surface area contributed by atoms with Crippen molar-refractivity contribution in [2.45, 2.75) is 6.92 Å². The normalized spacial score (nSPS) is 14.0. The number of hydrogen-bond donors (Lipinski definition) is 0. The van der Waals surface area contributed by atoms with Gasteiger partial charge in [-0.25, -0.2) is 0 Å². The zero-order valence-electron chi connectivity index (χ0n) is 11.7. The second kappa shape index (κ2) is 5.37. The molecule has 21 heavy (non-hydrogen) atoms. The quantitative estimate of drug-likeness (QED) is 0.807. The number of fused-ring (bicyclic) bond motifs is 1. The van der Waals surface area contributed by atoms with E-state index in [2.05, 4.69) is 0 Å². The fraction of sp³-hybridized carbons (Fsp3) is 0.111. The fourth-order valence-corrected chi connectivity index (χ4v) is 2.46. The smallest absolute Gasteiger partial charge is 0.261 e. The van der Waals surface area contributed by atoms with Gasteiger partial charge in [0.15, 0.2) is 0 Å². The molecule has 3 rings (SSSR count). The summed E-state index contributed by atoms with van der Waals surface area (Å²) < 4.78 is 0. The molecule has 0 atom stereocenters. The highest BCUT2D eigenvalue weighted by Gasteiger charge is 2.33. The average molecular weight is 277 g/mol. The Labute approximate surface area is 123 Å². The van der Waals surface area contributed by atoms with Gasteiger partial charge in [-0.3, -0.25) is 14.5 Å². The molecular weight excluding hydrogens is 262 g/mol. The molecular formula is C18H15NO2. The van der Waals surface area contributed by atoms with Crippen LogP contribution in [0.5, 0.6) is 0 Å². The Morgan fingerprint density at radius 2 is 1.48 bits per heavy atom. The summed E-state index contributed by atoms with van der Waals surface area (Å²) in [5, 5.41) is 0. The van der Waals surface area contributed by atoms with Gasteiger partial charge in [-0.2, -0.15) is 0 Å². The Hall–Kier alpha value is -2.68. The summed E-state index contributed by atoms with van der Waals surface area (Å²) in [7, 11) is 0. The summed E-state index contributed by atoms with van der Waals surface area (Å²) in [4.78, 5) is 25.7. The summed E-state index contributed by atoms with van der Waals surface area (Å²) >= 11 is 0. The molecule has 2 amide bonds. The van der Waals surface area contributed by atoms with E-state index in [1.165, 1.54) is 4.90 Å². The van der Waals surface area contributed by atoms with Gasteiger partial charge in [-0.15, -0.1) is 0 Å². The van der Waals surface area contributed by atoms with E-state index in [4.69, 9.17) is 0 Å². The molecule has 0 bridgehead atoms. The second-order valence-electron chi connectivity index (χ2n) is 5.03. The van der Waals surface area contributed by atoms with Gasteiger partial charge in [-0.1, -0.05) is 48.6 Å². The molecule has 3 heteroatoms. The number of carbonyl (C=O) groups excluding carboxylic acids is 2. The van der Waals surface area contributed by atoms with Crippen LogP contribution in [0.15, 0.2) is 54.6 Å². The molecule has 0 radical (unpaired) electrons. The van der Waals surface area contributed by atoms with Crippen LogP contribution in [0.25, 0.3) is 6.08 Å². The third-order valence-corrected chi connectivity index (χ3v) is 3.65. The third-order valence-electron chi connectivity index (χ3n) is 3.65. The van der Waals surface area contributed by atoms with Gasteiger partial charge in [0.25, 0.3) is 11.8 Å². The molecule has 0 aromatic heterocycles. The van der Waals surface area contributed by atoms with Crippen molar-refractivity contribution >= 4 is 17.9 Å². The first-order valence-corrected chi connectivity index (χ1v) is 6.86. The molecule has 0 N–H and O–H groups in total. The molecule has 2 aromatic carbocycles. The van der Waals surface area contributed by atoms with E-state index in [0.29, 0.717) is 17.7 Å². The van der Waals surface area contributed by atoms with Crippen molar-refractivity contribution in [1.29, 1.82) is 0 Å². The van der Waals surface area contributed by atoms with Crippen LogP contribution in [-0.4, -0.2) is 23.3 Å². The van der Waals surface area contributed by atoms with Crippen LogP contribution in [-0.2, 0) is 0 Å². The first kappa shape index (κ1) is 13.3.